The van der Waals surface area contributed by atoms with Crippen molar-refractivity contribution in [1.82, 2.24) is 0 Å². The maximum atomic E-state index is 8.48. The molecule has 68 valence electrons. The first-order valence-corrected chi connectivity index (χ1v) is 6.49. The Kier molecular flexibility index (Phi) is 11.3. The van der Waals surface area contributed by atoms with Gasteiger partial charge in [-0.15, -0.1) is 0 Å². The van der Waals surface area contributed by atoms with Gasteiger partial charge in [-0.2, -0.15) is 23.5 Å². The smallest absolute Gasteiger partial charge is 0.0521 e. The molecule has 0 aromatic carbocycles. The summed E-state index contributed by atoms with van der Waals surface area (Å²) in [6.07, 6.45) is 2.64. The zero-order valence-electron chi connectivity index (χ0n) is 7.21. The van der Waals surface area contributed by atoms with Crippen molar-refractivity contribution in [1.29, 1.82) is 0 Å². The average molecular weight is 194 g/mol. The highest BCUT2D eigenvalue weighted by Gasteiger charge is 1.89. The minimum atomic E-state index is 0.324. The van der Waals surface area contributed by atoms with Crippen LogP contribution in [0, 0.1) is 0 Å². The standard InChI is InChI=1S/C8H18OS2/c1-2-3-5-10-7-8-11-6-4-9/h9H,2-8H2,1H3. The van der Waals surface area contributed by atoms with E-state index in [0.717, 1.165) is 5.75 Å². The number of rotatable bonds is 8. The topological polar surface area (TPSA) is 20.2 Å². The Bertz CT molecular complexity index is 61.1. The number of hydrogen-bond donors (Lipinski definition) is 1. The second-order valence-electron chi connectivity index (χ2n) is 2.30. The molecule has 0 aromatic heterocycles. The summed E-state index contributed by atoms with van der Waals surface area (Å²) in [4.78, 5) is 0. The summed E-state index contributed by atoms with van der Waals surface area (Å²) in [6.45, 7) is 2.55. The van der Waals surface area contributed by atoms with Crippen molar-refractivity contribution in [2.75, 3.05) is 29.6 Å². The zero-order chi connectivity index (χ0) is 8.36. The summed E-state index contributed by atoms with van der Waals surface area (Å²) in [6, 6.07) is 0. The molecule has 0 aliphatic heterocycles. The van der Waals surface area contributed by atoms with Gasteiger partial charge in [0.2, 0.25) is 0 Å². The van der Waals surface area contributed by atoms with Crippen LogP contribution in [0.3, 0.4) is 0 Å². The lowest BCUT2D eigenvalue weighted by Gasteiger charge is -1.99. The minimum absolute atomic E-state index is 0.324. The molecular formula is C8H18OS2. The maximum absolute atomic E-state index is 8.48. The third-order valence-corrected chi connectivity index (χ3v) is 3.54. The van der Waals surface area contributed by atoms with Gasteiger partial charge in [0.05, 0.1) is 6.61 Å². The zero-order valence-corrected chi connectivity index (χ0v) is 8.85. The van der Waals surface area contributed by atoms with E-state index >= 15 is 0 Å². The number of hydrogen-bond acceptors (Lipinski definition) is 3. The normalized spacial score (nSPS) is 10.4. The molecule has 1 nitrogen and oxygen atoms in total. The van der Waals surface area contributed by atoms with Crippen molar-refractivity contribution in [3.63, 3.8) is 0 Å². The summed E-state index contributed by atoms with van der Waals surface area (Å²) in [5, 5.41) is 8.48. The number of unbranched alkanes of at least 4 members (excludes halogenated alkanes) is 1. The first-order valence-electron chi connectivity index (χ1n) is 4.18. The number of aliphatic hydroxyl groups excluding tert-OH is 1. The Morgan fingerprint density at radius 3 is 2.18 bits per heavy atom. The van der Waals surface area contributed by atoms with E-state index in [0.29, 0.717) is 6.61 Å². The highest BCUT2D eigenvalue weighted by Crippen LogP contribution is 2.08. The molecule has 0 rings (SSSR count). The summed E-state index contributed by atoms with van der Waals surface area (Å²) < 4.78 is 0. The maximum Gasteiger partial charge on any atom is 0.0521 e. The SMILES string of the molecule is CCCCSCCSCCO. The summed E-state index contributed by atoms with van der Waals surface area (Å²) >= 11 is 3.87. The third kappa shape index (κ3) is 10.7. The quantitative estimate of drug-likeness (QED) is 0.599. The van der Waals surface area contributed by atoms with Gasteiger partial charge < -0.3 is 5.11 Å². The number of thioether (sulfide) groups is 2. The molecule has 0 aliphatic carbocycles. The van der Waals surface area contributed by atoms with Crippen LogP contribution in [-0.2, 0) is 0 Å². The van der Waals surface area contributed by atoms with Crippen molar-refractivity contribution >= 4 is 23.5 Å². The lowest BCUT2D eigenvalue weighted by Crippen LogP contribution is -1.91. The monoisotopic (exact) mass is 194 g/mol. The molecule has 0 aromatic rings. The van der Waals surface area contributed by atoms with E-state index in [2.05, 4.69) is 6.92 Å². The molecule has 0 aliphatic rings. The van der Waals surface area contributed by atoms with Gasteiger partial charge in [0.15, 0.2) is 0 Å². The summed E-state index contributed by atoms with van der Waals surface area (Å²) in [5.74, 6) is 4.63. The van der Waals surface area contributed by atoms with E-state index < -0.39 is 0 Å². The highest BCUT2D eigenvalue weighted by molar-refractivity contribution is 8.02. The van der Waals surface area contributed by atoms with E-state index in [1.54, 1.807) is 0 Å². The fourth-order valence-electron chi connectivity index (χ4n) is 0.633. The van der Waals surface area contributed by atoms with Gasteiger partial charge in [-0.05, 0) is 12.2 Å². The van der Waals surface area contributed by atoms with Crippen LogP contribution in [0.1, 0.15) is 19.8 Å². The van der Waals surface area contributed by atoms with Gasteiger partial charge in [0.25, 0.3) is 0 Å². The van der Waals surface area contributed by atoms with Gasteiger partial charge in [-0.25, -0.2) is 0 Å². The second kappa shape index (κ2) is 10.7. The van der Waals surface area contributed by atoms with Crippen molar-refractivity contribution in [2.45, 2.75) is 19.8 Å². The predicted octanol–water partition coefficient (Wildman–Crippen LogP) is 2.25. The second-order valence-corrected chi connectivity index (χ2v) is 4.75. The van der Waals surface area contributed by atoms with Crippen molar-refractivity contribution in [3.8, 4) is 0 Å². The van der Waals surface area contributed by atoms with Gasteiger partial charge in [-0.3, -0.25) is 0 Å². The minimum Gasteiger partial charge on any atom is -0.396 e. The first-order chi connectivity index (χ1) is 5.41. The largest absolute Gasteiger partial charge is 0.396 e. The van der Waals surface area contributed by atoms with Crippen LogP contribution < -0.4 is 0 Å². The molecule has 0 radical (unpaired) electrons. The molecule has 0 saturated carbocycles. The van der Waals surface area contributed by atoms with Crippen LogP contribution in [0.2, 0.25) is 0 Å². The fraction of sp³-hybridized carbons (Fsp3) is 1.00. The summed E-state index contributed by atoms with van der Waals surface area (Å²) in [5.41, 5.74) is 0. The van der Waals surface area contributed by atoms with Crippen molar-refractivity contribution < 1.29 is 5.11 Å². The van der Waals surface area contributed by atoms with Crippen LogP contribution in [-0.4, -0.2) is 34.7 Å². The average Bonchev–Trinajstić information content (AvgIpc) is 2.03. The van der Waals surface area contributed by atoms with Gasteiger partial charge in [-0.1, -0.05) is 13.3 Å². The van der Waals surface area contributed by atoms with Crippen molar-refractivity contribution in [2.24, 2.45) is 0 Å². The Balaban J connectivity index is 2.69. The first kappa shape index (κ1) is 11.7. The Labute approximate surface area is 78.3 Å². The highest BCUT2D eigenvalue weighted by atomic mass is 32.2. The van der Waals surface area contributed by atoms with E-state index in [9.17, 15) is 0 Å². The molecule has 0 bridgehead atoms. The molecule has 3 heteroatoms. The molecular weight excluding hydrogens is 176 g/mol. The predicted molar refractivity (Wildman–Crippen MR) is 56.6 cm³/mol. The molecule has 0 unspecified atom stereocenters. The van der Waals surface area contributed by atoms with Crippen molar-refractivity contribution in [3.05, 3.63) is 0 Å². The molecule has 1 N–H and O–H groups in total. The van der Waals surface area contributed by atoms with Gasteiger partial charge >= 0.3 is 0 Å². The van der Waals surface area contributed by atoms with Crippen LogP contribution >= 0.6 is 23.5 Å². The Morgan fingerprint density at radius 2 is 1.64 bits per heavy atom. The van der Waals surface area contributed by atoms with Crippen LogP contribution in [0.15, 0.2) is 0 Å². The molecule has 0 saturated heterocycles. The van der Waals surface area contributed by atoms with E-state index in [-0.39, 0.29) is 0 Å². The number of aliphatic hydroxyl groups is 1. The molecule has 0 fully saturated rings. The van der Waals surface area contributed by atoms with Crippen LogP contribution in [0.25, 0.3) is 0 Å². The van der Waals surface area contributed by atoms with Crippen LogP contribution in [0.4, 0.5) is 0 Å². The van der Waals surface area contributed by atoms with Crippen LogP contribution in [0.5, 0.6) is 0 Å². The Morgan fingerprint density at radius 1 is 1.00 bits per heavy atom. The lowest BCUT2D eigenvalue weighted by atomic mass is 10.4. The van der Waals surface area contributed by atoms with Gasteiger partial charge in [0, 0.05) is 17.3 Å². The summed E-state index contributed by atoms with van der Waals surface area (Å²) in [7, 11) is 0. The molecule has 0 amide bonds. The third-order valence-electron chi connectivity index (χ3n) is 1.25. The molecule has 0 spiro atoms. The molecule has 0 heterocycles. The molecule has 11 heavy (non-hydrogen) atoms. The lowest BCUT2D eigenvalue weighted by molar-refractivity contribution is 0.322. The fourth-order valence-corrected chi connectivity index (χ4v) is 2.61. The van der Waals surface area contributed by atoms with E-state index in [1.165, 1.54) is 30.1 Å². The van der Waals surface area contributed by atoms with E-state index in [1.807, 2.05) is 23.5 Å². The van der Waals surface area contributed by atoms with Gasteiger partial charge in [0.1, 0.15) is 0 Å². The Hall–Kier alpha value is 0.660. The molecule has 0 atom stereocenters. The van der Waals surface area contributed by atoms with E-state index in [4.69, 9.17) is 5.11 Å².